The summed E-state index contributed by atoms with van der Waals surface area (Å²) >= 11 is 0. The molecule has 0 aliphatic heterocycles. The number of hydrogen-bond donors (Lipinski definition) is 0. The van der Waals surface area contributed by atoms with Crippen LogP contribution < -0.4 is 4.90 Å². The Balaban J connectivity index is 1.09. The van der Waals surface area contributed by atoms with Crippen LogP contribution in [0, 0.1) is 0 Å². The summed E-state index contributed by atoms with van der Waals surface area (Å²) in [5, 5.41) is 2.48. The first-order chi connectivity index (χ1) is 31.3. The minimum Gasteiger partial charge on any atom is -0.310 e. The number of benzene rings is 10. The zero-order chi connectivity index (χ0) is 41.7. The Morgan fingerprint density at radius 3 is 1.44 bits per heavy atom. The molecule has 1 aromatic heterocycles. The van der Waals surface area contributed by atoms with Gasteiger partial charge in [0.05, 0.1) is 16.4 Å². The van der Waals surface area contributed by atoms with Gasteiger partial charge in [-0.3, -0.25) is 0 Å². The fourth-order valence-electron chi connectivity index (χ4n) is 10.3. The van der Waals surface area contributed by atoms with Crippen molar-refractivity contribution in [2.45, 2.75) is 5.41 Å². The maximum absolute atomic E-state index is 2.48. The lowest BCUT2D eigenvalue weighted by atomic mass is 9.67. The van der Waals surface area contributed by atoms with E-state index in [0.717, 1.165) is 22.7 Å². The largest absolute Gasteiger partial charge is 0.310 e. The highest BCUT2D eigenvalue weighted by atomic mass is 15.1. The molecule has 0 N–H and O–H groups in total. The molecule has 0 fully saturated rings. The average molecular weight is 803 g/mol. The molecule has 0 radical (unpaired) electrons. The third-order valence-corrected chi connectivity index (χ3v) is 13.1. The van der Waals surface area contributed by atoms with Crippen LogP contribution >= 0.6 is 0 Å². The van der Waals surface area contributed by atoms with Crippen LogP contribution in [0.5, 0.6) is 0 Å². The number of anilines is 3. The first-order valence-corrected chi connectivity index (χ1v) is 21.8. The number of aromatic nitrogens is 1. The van der Waals surface area contributed by atoms with E-state index in [4.69, 9.17) is 0 Å². The van der Waals surface area contributed by atoms with Gasteiger partial charge < -0.3 is 9.47 Å². The van der Waals surface area contributed by atoms with E-state index in [-0.39, 0.29) is 0 Å². The van der Waals surface area contributed by atoms with Gasteiger partial charge in [-0.15, -0.1) is 0 Å². The Morgan fingerprint density at radius 2 is 0.794 bits per heavy atom. The molecule has 2 nitrogen and oxygen atoms in total. The van der Waals surface area contributed by atoms with Crippen LogP contribution in [-0.2, 0) is 5.41 Å². The van der Waals surface area contributed by atoms with E-state index in [1.165, 1.54) is 77.4 Å². The molecule has 1 unspecified atom stereocenters. The number of hydrogen-bond acceptors (Lipinski definition) is 1. The highest BCUT2D eigenvalue weighted by Crippen LogP contribution is 2.58. The van der Waals surface area contributed by atoms with Gasteiger partial charge in [0, 0.05) is 33.5 Å². The molecular weight excluding hydrogens is 761 g/mol. The zero-order valence-electron chi connectivity index (χ0n) is 34.6. The maximum atomic E-state index is 2.48. The summed E-state index contributed by atoms with van der Waals surface area (Å²) in [6.07, 6.45) is 0. The number of fused-ring (bicyclic) bond motifs is 6. The van der Waals surface area contributed by atoms with Crippen molar-refractivity contribution in [3.05, 3.63) is 277 Å². The Bertz CT molecular complexity index is 3330. The topological polar surface area (TPSA) is 8.17 Å². The second-order valence-electron chi connectivity index (χ2n) is 16.5. The van der Waals surface area contributed by atoms with Crippen LogP contribution in [0.15, 0.2) is 255 Å². The average Bonchev–Trinajstić information content (AvgIpc) is 3.86. The Hall–Kier alpha value is -8.20. The molecule has 63 heavy (non-hydrogen) atoms. The van der Waals surface area contributed by atoms with Crippen molar-refractivity contribution in [3.8, 4) is 39.1 Å². The van der Waals surface area contributed by atoms with Crippen molar-refractivity contribution in [1.82, 2.24) is 4.57 Å². The minimum atomic E-state index is -0.604. The monoisotopic (exact) mass is 802 g/mol. The van der Waals surface area contributed by atoms with Crippen molar-refractivity contribution >= 4 is 38.9 Å². The van der Waals surface area contributed by atoms with Crippen molar-refractivity contribution in [3.63, 3.8) is 0 Å². The summed E-state index contributed by atoms with van der Waals surface area (Å²) in [5.74, 6) is 0. The van der Waals surface area contributed by atoms with Gasteiger partial charge >= 0.3 is 0 Å². The van der Waals surface area contributed by atoms with E-state index in [2.05, 4.69) is 264 Å². The first kappa shape index (κ1) is 36.6. The highest BCUT2D eigenvalue weighted by molar-refractivity contribution is 6.10. The van der Waals surface area contributed by atoms with E-state index in [9.17, 15) is 0 Å². The molecule has 10 aromatic carbocycles. The molecule has 0 saturated carbocycles. The molecule has 12 rings (SSSR count). The smallest absolute Gasteiger partial charge is 0.0714 e. The lowest BCUT2D eigenvalue weighted by molar-refractivity contribution is 0.770. The Labute approximate surface area is 368 Å². The molecule has 0 saturated heterocycles. The molecule has 2 heteroatoms. The molecule has 0 amide bonds. The zero-order valence-corrected chi connectivity index (χ0v) is 34.6. The molecule has 0 bridgehead atoms. The van der Waals surface area contributed by atoms with Crippen molar-refractivity contribution in [1.29, 1.82) is 0 Å². The second-order valence-corrected chi connectivity index (χ2v) is 16.5. The molecule has 1 aliphatic rings. The van der Waals surface area contributed by atoms with Gasteiger partial charge in [0.15, 0.2) is 0 Å². The molecule has 11 aromatic rings. The van der Waals surface area contributed by atoms with Crippen LogP contribution in [0.25, 0.3) is 60.9 Å². The second kappa shape index (κ2) is 15.1. The fraction of sp³-hybridized carbons (Fsp3) is 0.0164. The molecule has 296 valence electrons. The SMILES string of the molecule is c1ccc(-c2ccc(N(c3ccc(-c4ccccc4)cc3)c3ccc4c(c3)C(c3ccccc3)(c3ccc5c(c3)c3ccccc3n5-c3ccccc3)c3ccccc3-4)cc2)cc1. The highest BCUT2D eigenvalue weighted by Gasteiger charge is 2.46. The lowest BCUT2D eigenvalue weighted by Crippen LogP contribution is -2.28. The van der Waals surface area contributed by atoms with Gasteiger partial charge in [-0.1, -0.05) is 188 Å². The summed E-state index contributed by atoms with van der Waals surface area (Å²) in [5.41, 5.74) is 18.6. The van der Waals surface area contributed by atoms with Crippen molar-refractivity contribution in [2.24, 2.45) is 0 Å². The fourth-order valence-corrected chi connectivity index (χ4v) is 10.3. The van der Waals surface area contributed by atoms with Crippen LogP contribution in [-0.4, -0.2) is 4.57 Å². The molecule has 0 spiro atoms. The maximum Gasteiger partial charge on any atom is 0.0714 e. The van der Waals surface area contributed by atoms with Gasteiger partial charge in [-0.05, 0) is 122 Å². The van der Waals surface area contributed by atoms with Crippen molar-refractivity contribution < 1.29 is 0 Å². The van der Waals surface area contributed by atoms with Crippen molar-refractivity contribution in [2.75, 3.05) is 4.90 Å². The van der Waals surface area contributed by atoms with E-state index >= 15 is 0 Å². The van der Waals surface area contributed by atoms with Crippen LogP contribution in [0.3, 0.4) is 0 Å². The quantitative estimate of drug-likeness (QED) is 0.149. The predicted molar refractivity (Wildman–Crippen MR) is 264 cm³/mol. The summed E-state index contributed by atoms with van der Waals surface area (Å²) in [6, 6.07) is 93.4. The Kier molecular flexibility index (Phi) is 8.76. The molecular formula is C61H42N2. The predicted octanol–water partition coefficient (Wildman–Crippen LogP) is 16.0. The third kappa shape index (κ3) is 5.95. The number of rotatable bonds is 8. The summed E-state index contributed by atoms with van der Waals surface area (Å²) in [6.45, 7) is 0. The number of nitrogens with zero attached hydrogens (tertiary/aromatic N) is 2. The third-order valence-electron chi connectivity index (χ3n) is 13.1. The lowest BCUT2D eigenvalue weighted by Gasteiger charge is -2.35. The summed E-state index contributed by atoms with van der Waals surface area (Å²) in [4.78, 5) is 2.42. The van der Waals surface area contributed by atoms with E-state index in [0.29, 0.717) is 0 Å². The summed E-state index contributed by atoms with van der Waals surface area (Å²) < 4.78 is 2.41. The Morgan fingerprint density at radius 1 is 0.302 bits per heavy atom. The van der Waals surface area contributed by atoms with Crippen LogP contribution in [0.4, 0.5) is 17.1 Å². The van der Waals surface area contributed by atoms with Gasteiger partial charge in [-0.25, -0.2) is 0 Å². The normalized spacial score (nSPS) is 14.1. The van der Waals surface area contributed by atoms with Crippen LogP contribution in [0.2, 0.25) is 0 Å². The van der Waals surface area contributed by atoms with E-state index < -0.39 is 5.41 Å². The minimum absolute atomic E-state index is 0.604. The standard InChI is InChI=1S/C61H42N2/c1-5-17-43(18-6-1)45-29-34-50(35-30-45)62(51-36-31-46(32-37-51)44-19-7-2-8-20-44)52-38-39-54-53-25-13-15-27-57(53)61(58(54)42-52,47-21-9-3-10-22-47)48-33-40-60-56(41-48)55-26-14-16-28-59(55)63(60)49-23-11-4-12-24-49/h1-42H. The van der Waals surface area contributed by atoms with Gasteiger partial charge in [0.1, 0.15) is 0 Å². The summed E-state index contributed by atoms with van der Waals surface area (Å²) in [7, 11) is 0. The molecule has 1 atom stereocenters. The molecule has 1 aliphatic carbocycles. The van der Waals surface area contributed by atoms with Gasteiger partial charge in [0.2, 0.25) is 0 Å². The van der Waals surface area contributed by atoms with Crippen LogP contribution in [0.1, 0.15) is 22.3 Å². The van der Waals surface area contributed by atoms with E-state index in [1.54, 1.807) is 0 Å². The van der Waals surface area contributed by atoms with E-state index in [1.807, 2.05) is 0 Å². The first-order valence-electron chi connectivity index (χ1n) is 21.8. The number of para-hydroxylation sites is 2. The molecule has 1 heterocycles. The van der Waals surface area contributed by atoms with Gasteiger partial charge in [-0.2, -0.15) is 0 Å². The van der Waals surface area contributed by atoms with Gasteiger partial charge in [0.25, 0.3) is 0 Å².